The number of hydrogen-bond acceptors (Lipinski definition) is 3. The highest BCUT2D eigenvalue weighted by Gasteiger charge is 2.09. The molecule has 0 saturated carbocycles. The van der Waals surface area contributed by atoms with E-state index in [1.165, 1.54) is 0 Å². The molecule has 0 aliphatic rings. The maximum atomic E-state index is 5.95. The molecule has 3 heteroatoms. The number of pyridine rings is 1. The Labute approximate surface area is 124 Å². The zero-order chi connectivity index (χ0) is 14.7. The van der Waals surface area contributed by atoms with Gasteiger partial charge in [0.1, 0.15) is 18.1 Å². The van der Waals surface area contributed by atoms with Crippen molar-refractivity contribution in [2.24, 2.45) is 0 Å². The third-order valence-corrected chi connectivity index (χ3v) is 3.53. The summed E-state index contributed by atoms with van der Waals surface area (Å²) in [7, 11) is 1.67. The summed E-state index contributed by atoms with van der Waals surface area (Å²) in [5.74, 6) is 1.69. The highest BCUT2D eigenvalue weighted by Crippen LogP contribution is 2.31. The van der Waals surface area contributed by atoms with Crippen LogP contribution in [0.3, 0.4) is 0 Å². The lowest BCUT2D eigenvalue weighted by Gasteiger charge is -2.12. The highest BCUT2D eigenvalue weighted by molar-refractivity contribution is 5.89. The van der Waals surface area contributed by atoms with Crippen LogP contribution < -0.4 is 9.47 Å². The summed E-state index contributed by atoms with van der Waals surface area (Å²) in [6.45, 7) is 2.56. The van der Waals surface area contributed by atoms with Gasteiger partial charge in [0.2, 0.25) is 0 Å². The van der Waals surface area contributed by atoms with Gasteiger partial charge >= 0.3 is 0 Å². The van der Waals surface area contributed by atoms with Crippen LogP contribution in [0, 0.1) is 6.92 Å². The lowest BCUT2D eigenvalue weighted by Crippen LogP contribution is -1.97. The Hall–Kier alpha value is -2.55. The van der Waals surface area contributed by atoms with Crippen LogP contribution in [0.4, 0.5) is 0 Å². The first-order valence-electron chi connectivity index (χ1n) is 6.88. The molecule has 0 N–H and O–H groups in total. The minimum Gasteiger partial charge on any atom is -0.496 e. The van der Waals surface area contributed by atoms with E-state index in [4.69, 9.17) is 9.47 Å². The molecule has 0 bridgehead atoms. The molecule has 0 amide bonds. The SMILES string of the molecule is COc1ccc2c(OCc3ccccc3)ccnc2c1C. The Bertz CT molecular complexity index is 754. The van der Waals surface area contributed by atoms with Crippen LogP contribution in [0.15, 0.2) is 54.7 Å². The Morgan fingerprint density at radius 1 is 0.952 bits per heavy atom. The fraction of sp³-hybridized carbons (Fsp3) is 0.167. The number of aryl methyl sites for hydroxylation is 1. The zero-order valence-electron chi connectivity index (χ0n) is 12.2. The molecule has 0 saturated heterocycles. The molecule has 21 heavy (non-hydrogen) atoms. The summed E-state index contributed by atoms with van der Waals surface area (Å²) in [5, 5.41) is 1.01. The second kappa shape index (κ2) is 5.83. The van der Waals surface area contributed by atoms with Crippen LogP contribution in [-0.4, -0.2) is 12.1 Å². The first-order valence-corrected chi connectivity index (χ1v) is 6.88. The second-order valence-electron chi connectivity index (χ2n) is 4.87. The number of nitrogens with zero attached hydrogens (tertiary/aromatic N) is 1. The number of ether oxygens (including phenoxy) is 2. The number of methoxy groups -OCH3 is 1. The summed E-state index contributed by atoms with van der Waals surface area (Å²) in [5.41, 5.74) is 3.09. The average molecular weight is 279 g/mol. The Kier molecular flexibility index (Phi) is 3.73. The lowest BCUT2D eigenvalue weighted by atomic mass is 10.1. The minimum absolute atomic E-state index is 0.547. The van der Waals surface area contributed by atoms with Crippen molar-refractivity contribution in [1.29, 1.82) is 0 Å². The molecular weight excluding hydrogens is 262 g/mol. The largest absolute Gasteiger partial charge is 0.496 e. The monoisotopic (exact) mass is 279 g/mol. The summed E-state index contributed by atoms with van der Waals surface area (Å²) in [4.78, 5) is 4.45. The average Bonchev–Trinajstić information content (AvgIpc) is 2.54. The predicted octanol–water partition coefficient (Wildman–Crippen LogP) is 4.13. The fourth-order valence-electron chi connectivity index (χ4n) is 2.40. The molecule has 0 radical (unpaired) electrons. The van der Waals surface area contributed by atoms with Crippen LogP contribution in [0.2, 0.25) is 0 Å². The Balaban J connectivity index is 1.94. The quantitative estimate of drug-likeness (QED) is 0.719. The van der Waals surface area contributed by atoms with Crippen molar-refractivity contribution in [3.8, 4) is 11.5 Å². The van der Waals surface area contributed by atoms with E-state index in [9.17, 15) is 0 Å². The predicted molar refractivity (Wildman–Crippen MR) is 83.8 cm³/mol. The van der Waals surface area contributed by atoms with Gasteiger partial charge in [-0.2, -0.15) is 0 Å². The smallest absolute Gasteiger partial charge is 0.130 e. The van der Waals surface area contributed by atoms with Gasteiger partial charge < -0.3 is 9.47 Å². The highest BCUT2D eigenvalue weighted by atomic mass is 16.5. The van der Waals surface area contributed by atoms with Gasteiger partial charge in [-0.25, -0.2) is 0 Å². The van der Waals surface area contributed by atoms with Gasteiger partial charge in [0.05, 0.1) is 12.6 Å². The molecule has 3 rings (SSSR count). The molecule has 0 spiro atoms. The van der Waals surface area contributed by atoms with Crippen LogP contribution in [-0.2, 0) is 6.61 Å². The number of rotatable bonds is 4. The molecule has 0 aliphatic heterocycles. The molecular formula is C18H17NO2. The number of aromatic nitrogens is 1. The normalized spacial score (nSPS) is 10.6. The minimum atomic E-state index is 0.547. The van der Waals surface area contributed by atoms with E-state index in [1.807, 2.05) is 43.3 Å². The van der Waals surface area contributed by atoms with Gasteiger partial charge in [-0.1, -0.05) is 30.3 Å². The molecule has 1 heterocycles. The van der Waals surface area contributed by atoms with Crippen molar-refractivity contribution in [1.82, 2.24) is 4.98 Å². The van der Waals surface area contributed by atoms with Crippen molar-refractivity contribution in [3.63, 3.8) is 0 Å². The van der Waals surface area contributed by atoms with Gasteiger partial charge in [-0.05, 0) is 30.7 Å². The van der Waals surface area contributed by atoms with Crippen molar-refractivity contribution in [2.45, 2.75) is 13.5 Å². The second-order valence-corrected chi connectivity index (χ2v) is 4.87. The van der Waals surface area contributed by atoms with Gasteiger partial charge in [-0.15, -0.1) is 0 Å². The molecule has 0 aliphatic carbocycles. The van der Waals surface area contributed by atoms with Gasteiger partial charge in [0, 0.05) is 17.1 Å². The first-order chi connectivity index (χ1) is 10.3. The van der Waals surface area contributed by atoms with Crippen LogP contribution in [0.1, 0.15) is 11.1 Å². The van der Waals surface area contributed by atoms with E-state index in [0.717, 1.165) is 33.5 Å². The molecule has 0 atom stereocenters. The van der Waals surface area contributed by atoms with E-state index in [1.54, 1.807) is 13.3 Å². The topological polar surface area (TPSA) is 31.4 Å². The summed E-state index contributed by atoms with van der Waals surface area (Å²) in [6, 6.07) is 16.0. The Morgan fingerprint density at radius 3 is 2.52 bits per heavy atom. The van der Waals surface area contributed by atoms with Gasteiger partial charge in [0.15, 0.2) is 0 Å². The van der Waals surface area contributed by atoms with E-state index >= 15 is 0 Å². The standard InChI is InChI=1S/C18H17NO2/c1-13-16(20-2)9-8-15-17(10-11-19-18(13)15)21-12-14-6-4-3-5-7-14/h3-11H,12H2,1-2H3. The molecule has 0 unspecified atom stereocenters. The molecule has 2 aromatic carbocycles. The van der Waals surface area contributed by atoms with Gasteiger partial charge in [-0.3, -0.25) is 4.98 Å². The van der Waals surface area contributed by atoms with Crippen molar-refractivity contribution >= 4 is 10.9 Å². The zero-order valence-corrected chi connectivity index (χ0v) is 12.2. The number of fused-ring (bicyclic) bond motifs is 1. The number of benzene rings is 2. The third-order valence-electron chi connectivity index (χ3n) is 3.53. The molecule has 3 aromatic rings. The van der Waals surface area contributed by atoms with Crippen LogP contribution in [0.25, 0.3) is 10.9 Å². The molecule has 3 nitrogen and oxygen atoms in total. The molecule has 1 aromatic heterocycles. The van der Waals surface area contributed by atoms with E-state index < -0.39 is 0 Å². The fourth-order valence-corrected chi connectivity index (χ4v) is 2.40. The summed E-state index contributed by atoms with van der Waals surface area (Å²) >= 11 is 0. The first kappa shape index (κ1) is 13.4. The molecule has 0 fully saturated rings. The van der Waals surface area contributed by atoms with Crippen molar-refractivity contribution in [2.75, 3.05) is 7.11 Å². The van der Waals surface area contributed by atoms with Crippen molar-refractivity contribution in [3.05, 3.63) is 65.9 Å². The van der Waals surface area contributed by atoms with Gasteiger partial charge in [0.25, 0.3) is 0 Å². The summed E-state index contributed by atoms with van der Waals surface area (Å²) in [6.07, 6.45) is 1.77. The third kappa shape index (κ3) is 2.68. The number of hydrogen-bond donors (Lipinski definition) is 0. The van der Waals surface area contributed by atoms with E-state index in [2.05, 4.69) is 17.1 Å². The van der Waals surface area contributed by atoms with Crippen LogP contribution in [0.5, 0.6) is 11.5 Å². The summed E-state index contributed by atoms with van der Waals surface area (Å²) < 4.78 is 11.3. The maximum absolute atomic E-state index is 5.95. The van der Waals surface area contributed by atoms with E-state index in [-0.39, 0.29) is 0 Å². The van der Waals surface area contributed by atoms with Crippen molar-refractivity contribution < 1.29 is 9.47 Å². The Morgan fingerprint density at radius 2 is 1.76 bits per heavy atom. The van der Waals surface area contributed by atoms with E-state index in [0.29, 0.717) is 6.61 Å². The molecule has 106 valence electrons. The maximum Gasteiger partial charge on any atom is 0.130 e. The lowest BCUT2D eigenvalue weighted by molar-refractivity contribution is 0.310. The van der Waals surface area contributed by atoms with Crippen LogP contribution >= 0.6 is 0 Å².